The number of rotatable bonds is 5. The summed E-state index contributed by atoms with van der Waals surface area (Å²) in [5.74, 6) is 0.888. The molecule has 3 aromatic rings. The Labute approximate surface area is 153 Å². The predicted molar refractivity (Wildman–Crippen MR) is 97.9 cm³/mol. The van der Waals surface area contributed by atoms with Gasteiger partial charge in [0.2, 0.25) is 0 Å². The molecule has 0 unspecified atom stereocenters. The van der Waals surface area contributed by atoms with Crippen LogP contribution in [-0.4, -0.2) is 30.1 Å². The van der Waals surface area contributed by atoms with Gasteiger partial charge in [-0.05, 0) is 30.3 Å². The number of carbonyl (C=O) groups excluding carboxylic acids is 1. The summed E-state index contributed by atoms with van der Waals surface area (Å²) in [4.78, 5) is 20.6. The Morgan fingerprint density at radius 1 is 1.16 bits per heavy atom. The van der Waals surface area contributed by atoms with E-state index in [2.05, 4.69) is 15.3 Å². The Bertz CT molecular complexity index is 914. The van der Waals surface area contributed by atoms with E-state index in [0.29, 0.717) is 21.7 Å². The summed E-state index contributed by atoms with van der Waals surface area (Å²) in [6, 6.07) is 8.62. The van der Waals surface area contributed by atoms with Crippen LogP contribution in [0.25, 0.3) is 11.3 Å². The van der Waals surface area contributed by atoms with Crippen LogP contribution in [-0.2, 0) is 0 Å². The fourth-order valence-corrected chi connectivity index (χ4v) is 3.02. The van der Waals surface area contributed by atoms with E-state index in [1.165, 1.54) is 23.6 Å². The molecule has 3 rings (SSSR count). The molecule has 0 aliphatic heterocycles. The van der Waals surface area contributed by atoms with Gasteiger partial charge >= 0.3 is 0 Å². The number of carbonyl (C=O) groups is 1. The molecular weight excluding hydrogens is 362 g/mol. The van der Waals surface area contributed by atoms with Gasteiger partial charge in [-0.15, -0.1) is 11.3 Å². The Morgan fingerprint density at radius 2 is 1.96 bits per heavy atom. The summed E-state index contributed by atoms with van der Waals surface area (Å²) in [6.45, 7) is 0. The molecule has 1 amide bonds. The second kappa shape index (κ2) is 7.50. The molecule has 1 N–H and O–H groups in total. The topological polar surface area (TPSA) is 73.3 Å². The third kappa shape index (κ3) is 3.89. The van der Waals surface area contributed by atoms with E-state index in [4.69, 9.17) is 21.1 Å². The Balaban J connectivity index is 1.79. The molecule has 0 aliphatic carbocycles. The third-order valence-electron chi connectivity index (χ3n) is 3.36. The van der Waals surface area contributed by atoms with Crippen LogP contribution < -0.4 is 14.8 Å². The Kier molecular flexibility index (Phi) is 5.16. The number of hydrogen-bond acceptors (Lipinski definition) is 6. The van der Waals surface area contributed by atoms with E-state index in [1.54, 1.807) is 20.3 Å². The number of aromatic nitrogens is 2. The molecule has 0 spiro atoms. The molecule has 8 heteroatoms. The zero-order valence-electron chi connectivity index (χ0n) is 13.4. The molecule has 0 saturated carbocycles. The maximum atomic E-state index is 12.2. The summed E-state index contributed by atoms with van der Waals surface area (Å²) < 4.78 is 10.5. The zero-order valence-corrected chi connectivity index (χ0v) is 15.0. The van der Waals surface area contributed by atoms with Gasteiger partial charge in [0.15, 0.2) is 16.6 Å². The number of methoxy groups -OCH3 is 2. The van der Waals surface area contributed by atoms with Crippen molar-refractivity contribution in [1.82, 2.24) is 9.97 Å². The van der Waals surface area contributed by atoms with Crippen LogP contribution in [0.2, 0.25) is 5.02 Å². The van der Waals surface area contributed by atoms with Gasteiger partial charge in [0, 0.05) is 22.2 Å². The van der Waals surface area contributed by atoms with Crippen molar-refractivity contribution in [2.45, 2.75) is 0 Å². The summed E-state index contributed by atoms with van der Waals surface area (Å²) in [5.41, 5.74) is 1.81. The van der Waals surface area contributed by atoms with Crippen molar-refractivity contribution in [3.05, 3.63) is 52.6 Å². The van der Waals surface area contributed by atoms with Crippen LogP contribution in [0.3, 0.4) is 0 Å². The number of ether oxygens (including phenoxy) is 2. The highest BCUT2D eigenvalue weighted by Crippen LogP contribution is 2.33. The van der Waals surface area contributed by atoms with Crippen molar-refractivity contribution < 1.29 is 14.3 Å². The van der Waals surface area contributed by atoms with Crippen LogP contribution in [0, 0.1) is 0 Å². The summed E-state index contributed by atoms with van der Waals surface area (Å²) >= 11 is 7.19. The number of amides is 1. The first-order valence-corrected chi connectivity index (χ1v) is 8.47. The lowest BCUT2D eigenvalue weighted by Gasteiger charge is -2.08. The van der Waals surface area contributed by atoms with Gasteiger partial charge in [-0.3, -0.25) is 15.1 Å². The second-order valence-corrected chi connectivity index (χ2v) is 6.22. The monoisotopic (exact) mass is 375 g/mol. The molecule has 0 bridgehead atoms. The molecule has 0 radical (unpaired) electrons. The van der Waals surface area contributed by atoms with Crippen LogP contribution in [0.15, 0.2) is 41.9 Å². The fourth-order valence-electron chi connectivity index (χ4n) is 2.15. The van der Waals surface area contributed by atoms with E-state index >= 15 is 0 Å². The minimum Gasteiger partial charge on any atom is -0.493 e. The smallest absolute Gasteiger partial charge is 0.276 e. The first-order chi connectivity index (χ1) is 12.1. The van der Waals surface area contributed by atoms with Gasteiger partial charge in [0.25, 0.3) is 5.91 Å². The molecule has 0 saturated heterocycles. The molecular formula is C17H14ClN3O3S. The number of pyridine rings is 1. The lowest BCUT2D eigenvalue weighted by molar-refractivity contribution is 0.102. The maximum Gasteiger partial charge on any atom is 0.276 e. The summed E-state index contributed by atoms with van der Waals surface area (Å²) in [6.07, 6.45) is 1.48. The van der Waals surface area contributed by atoms with Crippen LogP contribution >= 0.6 is 22.9 Å². The molecule has 0 fully saturated rings. The molecule has 2 aromatic heterocycles. The molecule has 128 valence electrons. The van der Waals surface area contributed by atoms with Crippen molar-refractivity contribution in [3.8, 4) is 22.8 Å². The molecule has 0 aliphatic rings. The van der Waals surface area contributed by atoms with Gasteiger partial charge in [-0.1, -0.05) is 11.6 Å². The molecule has 25 heavy (non-hydrogen) atoms. The Hall–Kier alpha value is -2.64. The first kappa shape index (κ1) is 17.2. The highest BCUT2D eigenvalue weighted by Gasteiger charge is 2.13. The molecule has 1 aromatic carbocycles. The number of halogens is 1. The van der Waals surface area contributed by atoms with E-state index in [9.17, 15) is 4.79 Å². The SMILES string of the molecule is COc1ccc(-c2csc(NC(=O)c3cc(Cl)ccn3)n2)cc1OC. The van der Waals surface area contributed by atoms with Crippen LogP contribution in [0.1, 0.15) is 10.5 Å². The fraction of sp³-hybridized carbons (Fsp3) is 0.118. The minimum absolute atomic E-state index is 0.232. The number of hydrogen-bond donors (Lipinski definition) is 1. The average Bonchev–Trinajstić information content (AvgIpc) is 3.09. The number of anilines is 1. The van der Waals surface area contributed by atoms with Gasteiger partial charge in [0.05, 0.1) is 19.9 Å². The van der Waals surface area contributed by atoms with Gasteiger partial charge < -0.3 is 9.47 Å². The first-order valence-electron chi connectivity index (χ1n) is 7.21. The van der Waals surface area contributed by atoms with Crippen molar-refractivity contribution in [2.75, 3.05) is 19.5 Å². The minimum atomic E-state index is -0.365. The predicted octanol–water partition coefficient (Wildman–Crippen LogP) is 4.13. The van der Waals surface area contributed by atoms with Crippen LogP contribution in [0.4, 0.5) is 5.13 Å². The third-order valence-corrected chi connectivity index (χ3v) is 4.35. The number of benzene rings is 1. The van der Waals surface area contributed by atoms with E-state index in [-0.39, 0.29) is 11.6 Å². The van der Waals surface area contributed by atoms with Crippen molar-refractivity contribution in [3.63, 3.8) is 0 Å². The summed E-state index contributed by atoms with van der Waals surface area (Å²) in [5, 5.41) is 5.49. The highest BCUT2D eigenvalue weighted by molar-refractivity contribution is 7.14. The molecule has 2 heterocycles. The molecule has 0 atom stereocenters. The molecule has 6 nitrogen and oxygen atoms in total. The highest BCUT2D eigenvalue weighted by atomic mass is 35.5. The lowest BCUT2D eigenvalue weighted by Crippen LogP contribution is -2.13. The van der Waals surface area contributed by atoms with Crippen molar-refractivity contribution in [2.24, 2.45) is 0 Å². The van der Waals surface area contributed by atoms with Crippen LogP contribution in [0.5, 0.6) is 11.5 Å². The quantitative estimate of drug-likeness (QED) is 0.725. The van der Waals surface area contributed by atoms with E-state index in [0.717, 1.165) is 11.3 Å². The van der Waals surface area contributed by atoms with E-state index < -0.39 is 0 Å². The van der Waals surface area contributed by atoms with Crippen molar-refractivity contribution >= 4 is 34.0 Å². The standard InChI is InChI=1S/C17H14ClN3O3S/c1-23-14-4-3-10(7-15(14)24-2)13-9-25-17(20-13)21-16(22)12-8-11(18)5-6-19-12/h3-9H,1-2H3,(H,20,21,22). The van der Waals surface area contributed by atoms with E-state index in [1.807, 2.05) is 23.6 Å². The summed E-state index contributed by atoms with van der Waals surface area (Å²) in [7, 11) is 3.16. The van der Waals surface area contributed by atoms with Crippen molar-refractivity contribution in [1.29, 1.82) is 0 Å². The largest absolute Gasteiger partial charge is 0.493 e. The zero-order chi connectivity index (χ0) is 17.8. The normalized spacial score (nSPS) is 10.4. The second-order valence-electron chi connectivity index (χ2n) is 4.92. The maximum absolute atomic E-state index is 12.2. The van der Waals surface area contributed by atoms with Gasteiger partial charge in [-0.2, -0.15) is 0 Å². The lowest BCUT2D eigenvalue weighted by atomic mass is 10.1. The Morgan fingerprint density at radius 3 is 2.68 bits per heavy atom. The number of nitrogens with one attached hydrogen (secondary N) is 1. The number of thiazole rings is 1. The number of nitrogens with zero attached hydrogens (tertiary/aromatic N) is 2. The van der Waals surface area contributed by atoms with Gasteiger partial charge in [0.1, 0.15) is 5.69 Å². The average molecular weight is 376 g/mol. The van der Waals surface area contributed by atoms with Gasteiger partial charge in [-0.25, -0.2) is 4.98 Å².